The zero-order chi connectivity index (χ0) is 13.0. The fraction of sp³-hybridized carbons (Fsp3) is 0.286. The Morgan fingerprint density at radius 2 is 2.17 bits per heavy atom. The molecule has 0 saturated heterocycles. The van der Waals surface area contributed by atoms with Crippen LogP contribution in [0.4, 0.5) is 0 Å². The summed E-state index contributed by atoms with van der Waals surface area (Å²) in [4.78, 5) is 1.29. The van der Waals surface area contributed by atoms with E-state index in [1.807, 2.05) is 18.2 Å². The van der Waals surface area contributed by atoms with Crippen LogP contribution in [0, 0.1) is 0 Å². The van der Waals surface area contributed by atoms with Crippen LogP contribution in [0.2, 0.25) is 0 Å². The molecule has 2 rings (SSSR count). The number of ether oxygens (including phenoxy) is 1. The molecule has 0 radical (unpaired) electrons. The molecule has 0 spiro atoms. The van der Waals surface area contributed by atoms with Gasteiger partial charge < -0.3 is 15.2 Å². The van der Waals surface area contributed by atoms with Crippen molar-refractivity contribution in [1.82, 2.24) is 5.32 Å². The topological polar surface area (TPSA) is 41.5 Å². The maximum atomic E-state index is 9.97. The predicted molar refractivity (Wildman–Crippen MR) is 74.2 cm³/mol. The number of phenolic OH excluding ortho intramolecular Hbond substituents is 1. The summed E-state index contributed by atoms with van der Waals surface area (Å²) in [6.45, 7) is 2.73. The quantitative estimate of drug-likeness (QED) is 0.869. The molecule has 0 fully saturated rings. The van der Waals surface area contributed by atoms with Gasteiger partial charge in [-0.2, -0.15) is 0 Å². The first-order chi connectivity index (χ1) is 8.72. The normalized spacial score (nSPS) is 12.3. The van der Waals surface area contributed by atoms with Gasteiger partial charge in [-0.1, -0.05) is 18.2 Å². The molecule has 1 atom stereocenters. The standard InChI is InChI=1S/C14H17NO2S/c1-10(13-7-4-8-18-13)15-9-11-5-3-6-12(17-2)14(11)16/h3-8,10,15-16H,9H2,1-2H3/t10-/m0/s1. The third-order valence-corrected chi connectivity index (χ3v) is 3.93. The minimum atomic E-state index is 0.214. The number of hydrogen-bond donors (Lipinski definition) is 2. The Kier molecular flexibility index (Phi) is 4.23. The summed E-state index contributed by atoms with van der Waals surface area (Å²) < 4.78 is 5.09. The van der Waals surface area contributed by atoms with Crippen molar-refractivity contribution in [3.05, 3.63) is 46.2 Å². The predicted octanol–water partition coefficient (Wildman–Crippen LogP) is 3.31. The molecule has 0 aliphatic rings. The monoisotopic (exact) mass is 263 g/mol. The minimum absolute atomic E-state index is 0.214. The van der Waals surface area contributed by atoms with E-state index in [1.165, 1.54) is 4.88 Å². The van der Waals surface area contributed by atoms with Crippen LogP contribution in [0.1, 0.15) is 23.4 Å². The highest BCUT2D eigenvalue weighted by Crippen LogP contribution is 2.29. The minimum Gasteiger partial charge on any atom is -0.504 e. The van der Waals surface area contributed by atoms with Gasteiger partial charge in [0.15, 0.2) is 11.5 Å². The molecule has 2 N–H and O–H groups in total. The number of para-hydroxylation sites is 1. The van der Waals surface area contributed by atoms with Crippen molar-refractivity contribution in [3.8, 4) is 11.5 Å². The number of benzene rings is 1. The molecule has 2 aromatic rings. The van der Waals surface area contributed by atoms with E-state index in [-0.39, 0.29) is 11.8 Å². The molecule has 0 amide bonds. The van der Waals surface area contributed by atoms with Crippen LogP contribution < -0.4 is 10.1 Å². The molecule has 96 valence electrons. The van der Waals surface area contributed by atoms with Gasteiger partial charge in [-0.05, 0) is 24.4 Å². The zero-order valence-corrected chi connectivity index (χ0v) is 11.3. The fourth-order valence-electron chi connectivity index (χ4n) is 1.78. The van der Waals surface area contributed by atoms with E-state index in [2.05, 4.69) is 23.7 Å². The Hall–Kier alpha value is -1.52. The Bertz CT molecular complexity index is 497. The lowest BCUT2D eigenvalue weighted by Crippen LogP contribution is -2.17. The summed E-state index contributed by atoms with van der Waals surface area (Å²) in [6.07, 6.45) is 0. The second-order valence-corrected chi connectivity index (χ2v) is 5.07. The summed E-state index contributed by atoms with van der Waals surface area (Å²) >= 11 is 1.73. The summed E-state index contributed by atoms with van der Waals surface area (Å²) in [5.41, 5.74) is 0.845. The summed E-state index contributed by atoms with van der Waals surface area (Å²) in [5.74, 6) is 0.726. The van der Waals surface area contributed by atoms with Crippen molar-refractivity contribution < 1.29 is 9.84 Å². The van der Waals surface area contributed by atoms with Crippen molar-refractivity contribution in [1.29, 1.82) is 0 Å². The van der Waals surface area contributed by atoms with Crippen LogP contribution in [0.15, 0.2) is 35.7 Å². The molecule has 0 saturated carbocycles. The van der Waals surface area contributed by atoms with Crippen LogP contribution in [0.25, 0.3) is 0 Å². The Balaban J connectivity index is 2.02. The first-order valence-electron chi connectivity index (χ1n) is 5.84. The molecule has 1 aromatic carbocycles. The third-order valence-electron chi connectivity index (χ3n) is 2.87. The lowest BCUT2D eigenvalue weighted by atomic mass is 10.1. The average molecular weight is 263 g/mol. The summed E-state index contributed by atoms with van der Waals surface area (Å²) in [5, 5.41) is 15.4. The van der Waals surface area contributed by atoms with E-state index in [9.17, 15) is 5.11 Å². The number of aromatic hydroxyl groups is 1. The Labute approximate surface area is 111 Å². The summed E-state index contributed by atoms with van der Waals surface area (Å²) in [7, 11) is 1.56. The molecule has 4 heteroatoms. The SMILES string of the molecule is COc1cccc(CN[C@@H](C)c2cccs2)c1O. The molecule has 3 nitrogen and oxygen atoms in total. The van der Waals surface area contributed by atoms with E-state index >= 15 is 0 Å². The zero-order valence-electron chi connectivity index (χ0n) is 10.5. The molecule has 1 aromatic heterocycles. The maximum absolute atomic E-state index is 9.97. The van der Waals surface area contributed by atoms with Crippen molar-refractivity contribution in [2.45, 2.75) is 19.5 Å². The maximum Gasteiger partial charge on any atom is 0.162 e. The van der Waals surface area contributed by atoms with Gasteiger partial charge >= 0.3 is 0 Å². The number of methoxy groups -OCH3 is 1. The van der Waals surface area contributed by atoms with Gasteiger partial charge in [0, 0.05) is 23.0 Å². The molecule has 0 aliphatic carbocycles. The van der Waals surface area contributed by atoms with E-state index in [0.29, 0.717) is 12.3 Å². The number of rotatable bonds is 5. The van der Waals surface area contributed by atoms with Gasteiger partial charge in [0.2, 0.25) is 0 Å². The van der Waals surface area contributed by atoms with Gasteiger partial charge in [-0.15, -0.1) is 11.3 Å². The molecular weight excluding hydrogens is 246 g/mol. The molecular formula is C14H17NO2S. The van der Waals surface area contributed by atoms with Gasteiger partial charge in [0.1, 0.15) is 0 Å². The van der Waals surface area contributed by atoms with E-state index < -0.39 is 0 Å². The Morgan fingerprint density at radius 1 is 1.33 bits per heavy atom. The highest BCUT2D eigenvalue weighted by Gasteiger charge is 2.10. The van der Waals surface area contributed by atoms with Gasteiger partial charge in [-0.3, -0.25) is 0 Å². The first kappa shape index (κ1) is 12.9. The number of phenols is 1. The summed E-state index contributed by atoms with van der Waals surface area (Å²) in [6, 6.07) is 9.95. The average Bonchev–Trinajstić information content (AvgIpc) is 2.91. The Morgan fingerprint density at radius 3 is 2.83 bits per heavy atom. The van der Waals surface area contributed by atoms with Crippen LogP contribution in [-0.2, 0) is 6.54 Å². The van der Waals surface area contributed by atoms with Crippen LogP contribution in [0.3, 0.4) is 0 Å². The highest BCUT2D eigenvalue weighted by molar-refractivity contribution is 7.10. The van der Waals surface area contributed by atoms with Gasteiger partial charge in [-0.25, -0.2) is 0 Å². The lowest BCUT2D eigenvalue weighted by Gasteiger charge is -2.14. The molecule has 0 bridgehead atoms. The second kappa shape index (κ2) is 5.89. The lowest BCUT2D eigenvalue weighted by molar-refractivity contribution is 0.369. The molecule has 0 unspecified atom stereocenters. The van der Waals surface area contributed by atoms with Crippen molar-refractivity contribution in [2.24, 2.45) is 0 Å². The van der Waals surface area contributed by atoms with Crippen LogP contribution in [0.5, 0.6) is 11.5 Å². The third kappa shape index (κ3) is 2.83. The van der Waals surface area contributed by atoms with Crippen molar-refractivity contribution >= 4 is 11.3 Å². The van der Waals surface area contributed by atoms with E-state index in [0.717, 1.165) is 5.56 Å². The molecule has 1 heterocycles. The van der Waals surface area contributed by atoms with Crippen molar-refractivity contribution in [2.75, 3.05) is 7.11 Å². The van der Waals surface area contributed by atoms with E-state index in [1.54, 1.807) is 24.5 Å². The smallest absolute Gasteiger partial charge is 0.162 e. The number of hydrogen-bond acceptors (Lipinski definition) is 4. The number of thiophene rings is 1. The van der Waals surface area contributed by atoms with Crippen molar-refractivity contribution in [3.63, 3.8) is 0 Å². The van der Waals surface area contributed by atoms with E-state index in [4.69, 9.17) is 4.74 Å². The molecule has 0 aliphatic heterocycles. The highest BCUT2D eigenvalue weighted by atomic mass is 32.1. The van der Waals surface area contributed by atoms with Gasteiger partial charge in [0.25, 0.3) is 0 Å². The van der Waals surface area contributed by atoms with Crippen LogP contribution >= 0.6 is 11.3 Å². The first-order valence-corrected chi connectivity index (χ1v) is 6.72. The largest absolute Gasteiger partial charge is 0.504 e. The second-order valence-electron chi connectivity index (χ2n) is 4.09. The van der Waals surface area contributed by atoms with Gasteiger partial charge in [0.05, 0.1) is 7.11 Å². The molecule has 18 heavy (non-hydrogen) atoms. The van der Waals surface area contributed by atoms with Crippen LogP contribution in [-0.4, -0.2) is 12.2 Å². The number of nitrogens with one attached hydrogen (secondary N) is 1. The fourth-order valence-corrected chi connectivity index (χ4v) is 2.54.